The molecule has 3 rings (SSSR count). The van der Waals surface area contributed by atoms with E-state index >= 15 is 0 Å². The summed E-state index contributed by atoms with van der Waals surface area (Å²) in [7, 11) is -2.06. The minimum atomic E-state index is -3.51. The van der Waals surface area contributed by atoms with Crippen molar-refractivity contribution < 1.29 is 18.3 Å². The van der Waals surface area contributed by atoms with Crippen LogP contribution in [0, 0.1) is 0 Å². The number of hydrogen-bond donors (Lipinski definition) is 2. The monoisotopic (exact) mass is 347 g/mol. The third-order valence-corrected chi connectivity index (χ3v) is 6.27. The van der Waals surface area contributed by atoms with Crippen LogP contribution in [-0.2, 0) is 9.84 Å². The van der Waals surface area contributed by atoms with Gasteiger partial charge in [0.1, 0.15) is 0 Å². The standard InChI is InChI=1S/C18H21NO4S/c1-3-13-11-24(21,22)17-10-15(20)16(23-2)9-14(17)18(19-13)12-7-5-4-6-8-12/h4-10,13,18-20H,3,11H2,1-2H3/t13-,18-/m1/s1. The van der Waals surface area contributed by atoms with Crippen molar-refractivity contribution >= 4 is 9.84 Å². The van der Waals surface area contributed by atoms with Crippen LogP contribution in [-0.4, -0.2) is 32.4 Å². The van der Waals surface area contributed by atoms with Gasteiger partial charge in [0.2, 0.25) is 0 Å². The van der Waals surface area contributed by atoms with Crippen molar-refractivity contribution in [2.24, 2.45) is 0 Å². The maximum atomic E-state index is 12.8. The van der Waals surface area contributed by atoms with E-state index in [-0.39, 0.29) is 34.2 Å². The molecule has 1 aliphatic rings. The number of rotatable bonds is 3. The number of ether oxygens (including phenoxy) is 1. The molecule has 6 heteroatoms. The molecule has 5 nitrogen and oxygen atoms in total. The lowest BCUT2D eigenvalue weighted by Crippen LogP contribution is -2.35. The fourth-order valence-corrected chi connectivity index (χ4v) is 4.98. The van der Waals surface area contributed by atoms with Gasteiger partial charge in [-0.05, 0) is 23.6 Å². The highest BCUT2D eigenvalue weighted by molar-refractivity contribution is 7.91. The lowest BCUT2D eigenvalue weighted by Gasteiger charge is -2.23. The molecule has 1 heterocycles. The molecular formula is C18H21NO4S. The Morgan fingerprint density at radius 1 is 1.25 bits per heavy atom. The third-order valence-electron chi connectivity index (χ3n) is 4.41. The number of phenolic OH excluding ortho intramolecular Hbond substituents is 1. The van der Waals surface area contributed by atoms with E-state index in [0.29, 0.717) is 12.0 Å². The van der Waals surface area contributed by atoms with Gasteiger partial charge in [-0.25, -0.2) is 8.42 Å². The Labute approximate surface area is 142 Å². The van der Waals surface area contributed by atoms with Gasteiger partial charge in [-0.3, -0.25) is 0 Å². The molecule has 0 amide bonds. The lowest BCUT2D eigenvalue weighted by molar-refractivity contribution is 0.371. The molecule has 0 radical (unpaired) electrons. The highest BCUT2D eigenvalue weighted by Gasteiger charge is 2.34. The fraction of sp³-hybridized carbons (Fsp3) is 0.333. The predicted octanol–water partition coefficient (Wildman–Crippen LogP) is 2.65. The van der Waals surface area contributed by atoms with Crippen LogP contribution < -0.4 is 10.1 Å². The van der Waals surface area contributed by atoms with Crippen LogP contribution in [0.3, 0.4) is 0 Å². The summed E-state index contributed by atoms with van der Waals surface area (Å²) in [6.07, 6.45) is 0.694. The second kappa shape index (κ2) is 6.45. The van der Waals surface area contributed by atoms with Crippen molar-refractivity contribution in [1.82, 2.24) is 5.32 Å². The normalized spacial score (nSPS) is 22.4. The maximum absolute atomic E-state index is 12.8. The Bertz CT molecular complexity index is 834. The number of phenols is 1. The average molecular weight is 347 g/mol. The number of nitrogens with one attached hydrogen (secondary N) is 1. The van der Waals surface area contributed by atoms with Gasteiger partial charge in [-0.2, -0.15) is 0 Å². The van der Waals surface area contributed by atoms with Crippen LogP contribution in [0.25, 0.3) is 0 Å². The molecule has 0 saturated heterocycles. The molecule has 0 unspecified atom stereocenters. The van der Waals surface area contributed by atoms with Gasteiger partial charge < -0.3 is 15.2 Å². The number of hydrogen-bond acceptors (Lipinski definition) is 5. The van der Waals surface area contributed by atoms with Gasteiger partial charge in [-0.1, -0.05) is 37.3 Å². The summed E-state index contributed by atoms with van der Waals surface area (Å²) in [5.74, 6) is 0.106. The zero-order valence-corrected chi connectivity index (χ0v) is 14.5. The minimum Gasteiger partial charge on any atom is -0.504 e. The smallest absolute Gasteiger partial charge is 0.180 e. The topological polar surface area (TPSA) is 75.6 Å². The average Bonchev–Trinajstić information content (AvgIpc) is 2.69. The number of sulfone groups is 1. The van der Waals surface area contributed by atoms with Crippen molar-refractivity contribution in [3.05, 3.63) is 53.6 Å². The van der Waals surface area contributed by atoms with Crippen LogP contribution in [0.2, 0.25) is 0 Å². The lowest BCUT2D eigenvalue weighted by atomic mass is 9.97. The Kier molecular flexibility index (Phi) is 4.51. The zero-order chi connectivity index (χ0) is 17.3. The van der Waals surface area contributed by atoms with Crippen LogP contribution in [0.5, 0.6) is 11.5 Å². The van der Waals surface area contributed by atoms with Gasteiger partial charge in [-0.15, -0.1) is 0 Å². The van der Waals surface area contributed by atoms with Crippen molar-refractivity contribution in [3.63, 3.8) is 0 Å². The van der Waals surface area contributed by atoms with E-state index in [0.717, 1.165) is 5.56 Å². The quantitative estimate of drug-likeness (QED) is 0.893. The summed E-state index contributed by atoms with van der Waals surface area (Å²) in [5.41, 5.74) is 1.58. The highest BCUT2D eigenvalue weighted by Crippen LogP contribution is 2.39. The van der Waals surface area contributed by atoms with Crippen molar-refractivity contribution in [2.75, 3.05) is 12.9 Å². The van der Waals surface area contributed by atoms with E-state index in [4.69, 9.17) is 4.74 Å². The molecule has 2 aromatic rings. The summed E-state index contributed by atoms with van der Waals surface area (Å²) in [4.78, 5) is 0.165. The Hall–Kier alpha value is -2.05. The summed E-state index contributed by atoms with van der Waals surface area (Å²) < 4.78 is 30.8. The highest BCUT2D eigenvalue weighted by atomic mass is 32.2. The van der Waals surface area contributed by atoms with Crippen LogP contribution in [0.15, 0.2) is 47.4 Å². The number of benzene rings is 2. The van der Waals surface area contributed by atoms with E-state index in [1.165, 1.54) is 13.2 Å². The molecule has 0 saturated carbocycles. The largest absolute Gasteiger partial charge is 0.504 e. The maximum Gasteiger partial charge on any atom is 0.180 e. The van der Waals surface area contributed by atoms with Gasteiger partial charge in [0, 0.05) is 12.1 Å². The first-order chi connectivity index (χ1) is 11.5. The van der Waals surface area contributed by atoms with Gasteiger partial charge in [0.05, 0.1) is 23.8 Å². The summed E-state index contributed by atoms with van der Waals surface area (Å²) in [6.45, 7) is 1.96. The molecule has 2 N–H and O–H groups in total. The number of fused-ring (bicyclic) bond motifs is 1. The van der Waals surface area contributed by atoms with Gasteiger partial charge in [0.15, 0.2) is 21.3 Å². The predicted molar refractivity (Wildman–Crippen MR) is 92.2 cm³/mol. The van der Waals surface area contributed by atoms with Crippen molar-refractivity contribution in [3.8, 4) is 11.5 Å². The summed E-state index contributed by atoms with van der Waals surface area (Å²) >= 11 is 0. The molecule has 0 spiro atoms. The summed E-state index contributed by atoms with van der Waals surface area (Å²) in [6, 6.07) is 12.2. The molecule has 1 aliphatic heterocycles. The Balaban J connectivity index is 2.26. The first-order valence-corrected chi connectivity index (χ1v) is 9.56. The zero-order valence-electron chi connectivity index (χ0n) is 13.7. The molecule has 24 heavy (non-hydrogen) atoms. The third kappa shape index (κ3) is 2.99. The first-order valence-electron chi connectivity index (χ1n) is 7.91. The van der Waals surface area contributed by atoms with Gasteiger partial charge in [0.25, 0.3) is 0 Å². The number of methoxy groups -OCH3 is 1. The first kappa shape index (κ1) is 16.8. The second-order valence-electron chi connectivity index (χ2n) is 5.96. The van der Waals surface area contributed by atoms with E-state index in [1.807, 2.05) is 37.3 Å². The van der Waals surface area contributed by atoms with Crippen molar-refractivity contribution in [1.29, 1.82) is 0 Å². The minimum absolute atomic E-state index is 0.00556. The summed E-state index contributed by atoms with van der Waals surface area (Å²) in [5, 5.41) is 13.5. The van der Waals surface area contributed by atoms with Gasteiger partial charge >= 0.3 is 0 Å². The van der Waals surface area contributed by atoms with Crippen LogP contribution >= 0.6 is 0 Å². The molecule has 0 fully saturated rings. The van der Waals surface area contributed by atoms with Crippen LogP contribution in [0.1, 0.15) is 30.5 Å². The molecule has 0 bridgehead atoms. The molecule has 128 valence electrons. The van der Waals surface area contributed by atoms with Crippen molar-refractivity contribution in [2.45, 2.75) is 30.3 Å². The van der Waals surface area contributed by atoms with E-state index in [2.05, 4.69) is 5.32 Å². The van der Waals surface area contributed by atoms with E-state index in [1.54, 1.807) is 6.07 Å². The fourth-order valence-electron chi connectivity index (χ4n) is 3.11. The second-order valence-corrected chi connectivity index (χ2v) is 7.96. The molecule has 0 aliphatic carbocycles. The molecule has 0 aromatic heterocycles. The molecular weight excluding hydrogens is 326 g/mol. The number of aromatic hydroxyl groups is 1. The molecule has 2 atom stereocenters. The Morgan fingerprint density at radius 3 is 2.58 bits per heavy atom. The van der Waals surface area contributed by atoms with Crippen LogP contribution in [0.4, 0.5) is 0 Å². The van der Waals surface area contributed by atoms with E-state index in [9.17, 15) is 13.5 Å². The Morgan fingerprint density at radius 2 is 1.96 bits per heavy atom. The van der Waals surface area contributed by atoms with E-state index < -0.39 is 9.84 Å². The SMILES string of the molecule is CC[C@@H]1CS(=O)(=O)c2cc(O)c(OC)cc2[C@@H](c2ccccc2)N1. The molecule has 2 aromatic carbocycles.